The minimum absolute atomic E-state index is 0.148. The van der Waals surface area contributed by atoms with Crippen molar-refractivity contribution in [3.05, 3.63) is 35.5 Å². The summed E-state index contributed by atoms with van der Waals surface area (Å²) in [5, 5.41) is 0. The summed E-state index contributed by atoms with van der Waals surface area (Å²) in [7, 11) is 0. The van der Waals surface area contributed by atoms with Gasteiger partial charge in [0.25, 0.3) is 0 Å². The summed E-state index contributed by atoms with van der Waals surface area (Å²) in [6.45, 7) is 7.87. The van der Waals surface area contributed by atoms with Crippen LogP contribution < -0.4 is 5.73 Å². The first-order valence-electron chi connectivity index (χ1n) is 3.46. The molecule has 10 heavy (non-hydrogen) atoms. The van der Waals surface area contributed by atoms with E-state index >= 15 is 0 Å². The molecule has 0 aromatic carbocycles. The molecular formula is C9H13N. The van der Waals surface area contributed by atoms with E-state index in [1.165, 1.54) is 11.1 Å². The van der Waals surface area contributed by atoms with Gasteiger partial charge in [-0.05, 0) is 25.0 Å². The van der Waals surface area contributed by atoms with Crippen molar-refractivity contribution in [2.75, 3.05) is 0 Å². The highest BCUT2D eigenvalue weighted by atomic mass is 14.7. The van der Waals surface area contributed by atoms with E-state index in [-0.39, 0.29) is 6.04 Å². The lowest BCUT2D eigenvalue weighted by Gasteiger charge is -1.83. The highest BCUT2D eigenvalue weighted by Crippen LogP contribution is 2.34. The molecule has 1 fully saturated rings. The third-order valence-electron chi connectivity index (χ3n) is 1.84. The Morgan fingerprint density at radius 1 is 1.70 bits per heavy atom. The predicted octanol–water partition coefficient (Wildman–Crippen LogP) is 1.78. The summed E-state index contributed by atoms with van der Waals surface area (Å²) < 4.78 is 0. The minimum atomic E-state index is 0.148. The second-order valence-electron chi connectivity index (χ2n) is 2.64. The molecule has 1 nitrogen and oxygen atoms in total. The van der Waals surface area contributed by atoms with Crippen molar-refractivity contribution in [1.82, 2.24) is 0 Å². The van der Waals surface area contributed by atoms with E-state index in [2.05, 4.69) is 25.7 Å². The van der Waals surface area contributed by atoms with Gasteiger partial charge in [0, 0.05) is 0 Å². The van der Waals surface area contributed by atoms with Crippen LogP contribution in [0.4, 0.5) is 0 Å². The predicted molar refractivity (Wildman–Crippen MR) is 44.6 cm³/mol. The van der Waals surface area contributed by atoms with E-state index < -0.39 is 0 Å². The zero-order chi connectivity index (χ0) is 7.72. The topological polar surface area (TPSA) is 26.0 Å². The van der Waals surface area contributed by atoms with Gasteiger partial charge in [-0.15, -0.1) is 0 Å². The van der Waals surface area contributed by atoms with Crippen LogP contribution in [0.15, 0.2) is 35.5 Å². The molecule has 1 rings (SSSR count). The van der Waals surface area contributed by atoms with Crippen molar-refractivity contribution >= 4 is 0 Å². The molecule has 0 saturated heterocycles. The molecular weight excluding hydrogens is 122 g/mol. The summed E-state index contributed by atoms with van der Waals surface area (Å²) in [5.41, 5.74) is 9.16. The maximum absolute atomic E-state index is 5.62. The summed E-state index contributed by atoms with van der Waals surface area (Å²) in [4.78, 5) is 0. The Labute approximate surface area is 61.9 Å². The van der Waals surface area contributed by atoms with Gasteiger partial charge < -0.3 is 5.73 Å². The van der Waals surface area contributed by atoms with Crippen LogP contribution in [0.5, 0.6) is 0 Å². The van der Waals surface area contributed by atoms with Crippen LogP contribution in [-0.2, 0) is 0 Å². The molecule has 0 radical (unpaired) electrons. The molecule has 1 atom stereocenters. The van der Waals surface area contributed by atoms with Crippen LogP contribution in [-0.4, -0.2) is 6.04 Å². The second-order valence-corrected chi connectivity index (χ2v) is 2.64. The van der Waals surface area contributed by atoms with Crippen molar-refractivity contribution in [1.29, 1.82) is 0 Å². The van der Waals surface area contributed by atoms with Gasteiger partial charge in [-0.25, -0.2) is 0 Å². The Kier molecular flexibility index (Phi) is 1.77. The Balaban J connectivity index is 2.69. The van der Waals surface area contributed by atoms with E-state index in [9.17, 15) is 0 Å². The lowest BCUT2D eigenvalue weighted by Crippen LogP contribution is -1.97. The van der Waals surface area contributed by atoms with Gasteiger partial charge in [0.15, 0.2) is 0 Å². The lowest BCUT2D eigenvalue weighted by molar-refractivity contribution is 1.17. The highest BCUT2D eigenvalue weighted by molar-refractivity contribution is 5.60. The average molecular weight is 135 g/mol. The van der Waals surface area contributed by atoms with E-state index in [1.54, 1.807) is 0 Å². The van der Waals surface area contributed by atoms with Gasteiger partial charge in [0.2, 0.25) is 0 Å². The zero-order valence-electron chi connectivity index (χ0n) is 6.52. The lowest BCUT2D eigenvalue weighted by atomic mass is 10.2. The molecule has 1 unspecified atom stereocenters. The molecule has 0 bridgehead atoms. The first-order valence-corrected chi connectivity index (χ1v) is 3.46. The molecule has 2 N–H and O–H groups in total. The summed E-state index contributed by atoms with van der Waals surface area (Å²) in [5.74, 6) is 0. The SMILES string of the molecule is C=C1/C(=C/C(C)=C\C)C1N. The number of hydrogen-bond donors (Lipinski definition) is 1. The van der Waals surface area contributed by atoms with Crippen molar-refractivity contribution < 1.29 is 0 Å². The number of allylic oxidation sites excluding steroid dienone is 3. The van der Waals surface area contributed by atoms with Crippen molar-refractivity contribution in [3.8, 4) is 0 Å². The van der Waals surface area contributed by atoms with Gasteiger partial charge in [-0.3, -0.25) is 0 Å². The molecule has 0 heterocycles. The van der Waals surface area contributed by atoms with Crippen LogP contribution in [0.25, 0.3) is 0 Å². The molecule has 54 valence electrons. The summed E-state index contributed by atoms with van der Waals surface area (Å²) in [6.07, 6.45) is 4.15. The van der Waals surface area contributed by atoms with Gasteiger partial charge in [0.05, 0.1) is 6.04 Å². The third kappa shape index (κ3) is 1.19. The number of rotatable bonds is 1. The highest BCUT2D eigenvalue weighted by Gasteiger charge is 2.30. The van der Waals surface area contributed by atoms with Crippen molar-refractivity contribution in [2.24, 2.45) is 5.73 Å². The number of hydrogen-bond acceptors (Lipinski definition) is 1. The van der Waals surface area contributed by atoms with E-state index in [0.717, 1.165) is 5.57 Å². The fourth-order valence-corrected chi connectivity index (χ4v) is 0.818. The van der Waals surface area contributed by atoms with Crippen molar-refractivity contribution in [3.63, 3.8) is 0 Å². The monoisotopic (exact) mass is 135 g/mol. The minimum Gasteiger partial charge on any atom is -0.320 e. The molecule has 1 saturated carbocycles. The first-order chi connectivity index (χ1) is 4.66. The molecule has 1 aliphatic rings. The Morgan fingerprint density at radius 3 is 2.50 bits per heavy atom. The fraction of sp³-hybridized carbons (Fsp3) is 0.333. The van der Waals surface area contributed by atoms with Crippen LogP contribution in [0.1, 0.15) is 13.8 Å². The van der Waals surface area contributed by atoms with Gasteiger partial charge in [0.1, 0.15) is 0 Å². The fourth-order valence-electron chi connectivity index (χ4n) is 0.818. The number of nitrogens with two attached hydrogens (primary N) is 1. The van der Waals surface area contributed by atoms with Crippen LogP contribution >= 0.6 is 0 Å². The van der Waals surface area contributed by atoms with Crippen LogP contribution in [0.3, 0.4) is 0 Å². The van der Waals surface area contributed by atoms with E-state index in [4.69, 9.17) is 5.73 Å². The maximum Gasteiger partial charge on any atom is 0.0552 e. The second kappa shape index (κ2) is 2.43. The van der Waals surface area contributed by atoms with Crippen molar-refractivity contribution in [2.45, 2.75) is 19.9 Å². The zero-order valence-corrected chi connectivity index (χ0v) is 6.52. The molecule has 0 aromatic heterocycles. The molecule has 0 spiro atoms. The normalized spacial score (nSPS) is 29.5. The summed E-state index contributed by atoms with van der Waals surface area (Å²) >= 11 is 0. The standard InChI is InChI=1S/C9H13N/c1-4-6(2)5-8-7(3)9(8)10/h4-5,9H,3,10H2,1-2H3/b6-4-,8-5-. The molecule has 1 heteroatoms. The maximum atomic E-state index is 5.62. The van der Waals surface area contributed by atoms with Gasteiger partial charge >= 0.3 is 0 Å². The third-order valence-corrected chi connectivity index (χ3v) is 1.84. The van der Waals surface area contributed by atoms with Crippen LogP contribution in [0, 0.1) is 0 Å². The quantitative estimate of drug-likeness (QED) is 0.582. The van der Waals surface area contributed by atoms with E-state index in [0.29, 0.717) is 0 Å². The Bertz CT molecular complexity index is 221. The largest absolute Gasteiger partial charge is 0.320 e. The molecule has 1 aliphatic carbocycles. The van der Waals surface area contributed by atoms with E-state index in [1.807, 2.05) is 6.92 Å². The first kappa shape index (κ1) is 7.29. The van der Waals surface area contributed by atoms with Crippen LogP contribution in [0.2, 0.25) is 0 Å². The average Bonchev–Trinajstić information content (AvgIpc) is 2.45. The van der Waals surface area contributed by atoms with Gasteiger partial charge in [-0.2, -0.15) is 0 Å². The molecule has 0 aliphatic heterocycles. The van der Waals surface area contributed by atoms with Gasteiger partial charge in [-0.1, -0.05) is 24.3 Å². The Hall–Kier alpha value is -0.820. The summed E-state index contributed by atoms with van der Waals surface area (Å²) in [6, 6.07) is 0.148. The molecule has 0 amide bonds. The smallest absolute Gasteiger partial charge is 0.0552 e. The Morgan fingerprint density at radius 2 is 2.20 bits per heavy atom. The molecule has 0 aromatic rings.